The highest BCUT2D eigenvalue weighted by atomic mass is 16.5. The van der Waals surface area contributed by atoms with Crippen LogP contribution in [0, 0.1) is 0 Å². The molecule has 1 heterocycles. The second kappa shape index (κ2) is 8.00. The second-order valence-electron chi connectivity index (χ2n) is 5.55. The Morgan fingerprint density at radius 2 is 2.05 bits per heavy atom. The summed E-state index contributed by atoms with van der Waals surface area (Å²) in [5.74, 6) is 0.811. The Labute approximate surface area is 125 Å². The Bertz CT molecular complexity index is 430. The van der Waals surface area contributed by atoms with Gasteiger partial charge in [0.05, 0.1) is 0 Å². The number of ether oxygens (including phenoxy) is 1. The van der Waals surface area contributed by atoms with Crippen LogP contribution in [0.4, 0.5) is 0 Å². The first-order valence-electron chi connectivity index (χ1n) is 7.49. The highest BCUT2D eigenvalue weighted by Crippen LogP contribution is 2.12. The molecule has 21 heavy (non-hydrogen) atoms. The average molecular weight is 292 g/mol. The zero-order valence-electron chi connectivity index (χ0n) is 12.5. The molecule has 1 aliphatic heterocycles. The van der Waals surface area contributed by atoms with E-state index in [9.17, 15) is 9.90 Å². The maximum absolute atomic E-state index is 11.0. The molecule has 0 aromatic heterocycles. The van der Waals surface area contributed by atoms with Gasteiger partial charge in [0.15, 0.2) is 0 Å². The molecule has 0 spiro atoms. The summed E-state index contributed by atoms with van der Waals surface area (Å²) in [4.78, 5) is 13.2. The number of carbonyl (C=O) groups is 1. The van der Waals surface area contributed by atoms with E-state index in [0.717, 1.165) is 31.7 Å². The molecule has 1 saturated heterocycles. The van der Waals surface area contributed by atoms with E-state index in [4.69, 9.17) is 4.74 Å². The third-order valence-electron chi connectivity index (χ3n) is 3.65. The van der Waals surface area contributed by atoms with Gasteiger partial charge in [0.2, 0.25) is 5.91 Å². The van der Waals surface area contributed by atoms with Crippen LogP contribution in [0.15, 0.2) is 30.3 Å². The van der Waals surface area contributed by atoms with Crippen LogP contribution < -0.4 is 10.1 Å². The minimum Gasteiger partial charge on any atom is -0.491 e. The van der Waals surface area contributed by atoms with E-state index in [1.165, 1.54) is 0 Å². The van der Waals surface area contributed by atoms with Crippen molar-refractivity contribution < 1.29 is 14.6 Å². The van der Waals surface area contributed by atoms with Gasteiger partial charge in [0.25, 0.3) is 0 Å². The second-order valence-corrected chi connectivity index (χ2v) is 5.55. The first-order valence-corrected chi connectivity index (χ1v) is 7.49. The van der Waals surface area contributed by atoms with Crippen LogP contribution in [0.2, 0.25) is 0 Å². The van der Waals surface area contributed by atoms with Crippen LogP contribution in [0.1, 0.15) is 19.8 Å². The number of amides is 1. The molecule has 1 unspecified atom stereocenters. The number of carbonyl (C=O) groups excluding carboxylic acids is 1. The van der Waals surface area contributed by atoms with Gasteiger partial charge in [-0.25, -0.2) is 0 Å². The number of aliphatic hydroxyl groups excluding tert-OH is 1. The van der Waals surface area contributed by atoms with Gasteiger partial charge in [0.1, 0.15) is 18.5 Å². The Hall–Kier alpha value is -1.59. The molecule has 5 nitrogen and oxygen atoms in total. The lowest BCUT2D eigenvalue weighted by Gasteiger charge is -2.33. The van der Waals surface area contributed by atoms with Crippen molar-refractivity contribution in [2.45, 2.75) is 31.9 Å². The van der Waals surface area contributed by atoms with Gasteiger partial charge in [-0.1, -0.05) is 18.2 Å². The van der Waals surface area contributed by atoms with E-state index < -0.39 is 6.10 Å². The van der Waals surface area contributed by atoms with Gasteiger partial charge >= 0.3 is 0 Å². The summed E-state index contributed by atoms with van der Waals surface area (Å²) in [6, 6.07) is 9.79. The van der Waals surface area contributed by atoms with Gasteiger partial charge < -0.3 is 20.1 Å². The summed E-state index contributed by atoms with van der Waals surface area (Å²) >= 11 is 0. The molecular weight excluding hydrogens is 268 g/mol. The van der Waals surface area contributed by atoms with Crippen LogP contribution in [-0.4, -0.2) is 54.3 Å². The predicted octanol–water partition coefficient (Wildman–Crippen LogP) is 1.03. The van der Waals surface area contributed by atoms with Crippen LogP contribution in [0.3, 0.4) is 0 Å². The fraction of sp³-hybridized carbons (Fsp3) is 0.562. The first kappa shape index (κ1) is 15.8. The molecule has 0 aliphatic carbocycles. The molecule has 1 amide bonds. The molecule has 2 rings (SSSR count). The van der Waals surface area contributed by atoms with Crippen LogP contribution >= 0.6 is 0 Å². The van der Waals surface area contributed by atoms with E-state index in [2.05, 4.69) is 10.2 Å². The quantitative estimate of drug-likeness (QED) is 0.822. The van der Waals surface area contributed by atoms with E-state index in [-0.39, 0.29) is 11.9 Å². The van der Waals surface area contributed by atoms with Crippen molar-refractivity contribution in [1.82, 2.24) is 10.2 Å². The number of hydrogen-bond acceptors (Lipinski definition) is 4. The molecule has 1 aromatic rings. The van der Waals surface area contributed by atoms with Crippen molar-refractivity contribution in [3.63, 3.8) is 0 Å². The number of aliphatic hydroxyl groups is 1. The average Bonchev–Trinajstić information content (AvgIpc) is 2.48. The molecule has 2 N–H and O–H groups in total. The Morgan fingerprint density at radius 1 is 1.38 bits per heavy atom. The molecule has 1 atom stereocenters. The highest BCUT2D eigenvalue weighted by Gasteiger charge is 2.21. The number of likely N-dealkylation sites (tertiary alicyclic amines) is 1. The smallest absolute Gasteiger partial charge is 0.217 e. The van der Waals surface area contributed by atoms with Crippen molar-refractivity contribution >= 4 is 5.91 Å². The number of para-hydroxylation sites is 1. The SMILES string of the molecule is CC(=O)NC1CCN(CC(O)COc2ccccc2)CC1. The van der Waals surface area contributed by atoms with Crippen molar-refractivity contribution in [2.75, 3.05) is 26.2 Å². The number of nitrogens with zero attached hydrogens (tertiary/aromatic N) is 1. The standard InChI is InChI=1S/C16H24N2O3/c1-13(19)17-14-7-9-18(10-8-14)11-15(20)12-21-16-5-3-2-4-6-16/h2-6,14-15,20H,7-12H2,1H3,(H,17,19). The van der Waals surface area contributed by atoms with Gasteiger partial charge in [0, 0.05) is 32.6 Å². The summed E-state index contributed by atoms with van der Waals surface area (Å²) in [6.45, 7) is 4.26. The molecule has 1 fully saturated rings. The summed E-state index contributed by atoms with van der Waals surface area (Å²) in [5, 5.41) is 13.0. The van der Waals surface area contributed by atoms with Gasteiger partial charge in [-0.05, 0) is 25.0 Å². The van der Waals surface area contributed by atoms with Gasteiger partial charge in [-0.15, -0.1) is 0 Å². The Morgan fingerprint density at radius 3 is 2.67 bits per heavy atom. The summed E-state index contributed by atoms with van der Waals surface area (Å²) < 4.78 is 5.55. The molecule has 0 radical (unpaired) electrons. The third-order valence-corrected chi connectivity index (χ3v) is 3.65. The largest absolute Gasteiger partial charge is 0.491 e. The van der Waals surface area contributed by atoms with Gasteiger partial charge in [-0.3, -0.25) is 4.79 Å². The van der Waals surface area contributed by atoms with E-state index in [0.29, 0.717) is 13.2 Å². The number of hydrogen-bond donors (Lipinski definition) is 2. The summed E-state index contributed by atoms with van der Waals surface area (Å²) in [7, 11) is 0. The Kier molecular flexibility index (Phi) is 6.02. The lowest BCUT2D eigenvalue weighted by atomic mass is 10.0. The normalized spacial score (nSPS) is 18.2. The van der Waals surface area contributed by atoms with Crippen LogP contribution in [-0.2, 0) is 4.79 Å². The molecule has 1 aromatic carbocycles. The highest BCUT2D eigenvalue weighted by molar-refractivity contribution is 5.73. The molecule has 0 bridgehead atoms. The lowest BCUT2D eigenvalue weighted by Crippen LogP contribution is -2.46. The number of benzene rings is 1. The zero-order chi connectivity index (χ0) is 15.1. The minimum atomic E-state index is -0.498. The van der Waals surface area contributed by atoms with Crippen molar-refractivity contribution in [1.29, 1.82) is 0 Å². The lowest BCUT2D eigenvalue weighted by molar-refractivity contribution is -0.120. The van der Waals surface area contributed by atoms with Crippen molar-refractivity contribution in [3.8, 4) is 5.75 Å². The van der Waals surface area contributed by atoms with Crippen molar-refractivity contribution in [3.05, 3.63) is 30.3 Å². The first-order chi connectivity index (χ1) is 10.1. The molecule has 0 saturated carbocycles. The number of nitrogens with one attached hydrogen (secondary N) is 1. The number of rotatable bonds is 6. The Balaban J connectivity index is 1.65. The van der Waals surface area contributed by atoms with E-state index >= 15 is 0 Å². The molecule has 116 valence electrons. The maximum Gasteiger partial charge on any atom is 0.217 e. The van der Waals surface area contributed by atoms with Crippen molar-refractivity contribution in [2.24, 2.45) is 0 Å². The topological polar surface area (TPSA) is 61.8 Å². The summed E-state index contributed by atoms with van der Waals surface area (Å²) in [5.41, 5.74) is 0. The van der Waals surface area contributed by atoms with Crippen LogP contribution in [0.5, 0.6) is 5.75 Å². The van der Waals surface area contributed by atoms with E-state index in [1.807, 2.05) is 30.3 Å². The zero-order valence-corrected chi connectivity index (χ0v) is 12.5. The minimum absolute atomic E-state index is 0.0322. The predicted molar refractivity (Wildman–Crippen MR) is 81.2 cm³/mol. The fourth-order valence-corrected chi connectivity index (χ4v) is 2.61. The van der Waals surface area contributed by atoms with Crippen LogP contribution in [0.25, 0.3) is 0 Å². The molecule has 1 aliphatic rings. The number of piperidine rings is 1. The molecule has 5 heteroatoms. The monoisotopic (exact) mass is 292 g/mol. The van der Waals surface area contributed by atoms with E-state index in [1.54, 1.807) is 6.92 Å². The summed E-state index contributed by atoms with van der Waals surface area (Å²) in [6.07, 6.45) is 1.38. The maximum atomic E-state index is 11.0. The fourth-order valence-electron chi connectivity index (χ4n) is 2.61. The van der Waals surface area contributed by atoms with Gasteiger partial charge in [-0.2, -0.15) is 0 Å². The molecular formula is C16H24N2O3. The number of β-amino-alcohol motifs (C(OH)–C–C–N with tert-alkyl or cyclic N) is 1. The third kappa shape index (κ3) is 5.73.